The highest BCUT2D eigenvalue weighted by atomic mass is 79.9. The molecule has 1 atom stereocenters. The molecule has 17 heavy (non-hydrogen) atoms. The van der Waals surface area contributed by atoms with Crippen LogP contribution < -0.4 is 11.1 Å². The summed E-state index contributed by atoms with van der Waals surface area (Å²) in [6.45, 7) is 2.11. The third kappa shape index (κ3) is 4.44. The molecule has 1 aromatic rings. The lowest BCUT2D eigenvalue weighted by Gasteiger charge is -2.11. The van der Waals surface area contributed by atoms with Gasteiger partial charge < -0.3 is 11.1 Å². The van der Waals surface area contributed by atoms with Gasteiger partial charge in [0.1, 0.15) is 5.82 Å². The van der Waals surface area contributed by atoms with Gasteiger partial charge in [-0.05, 0) is 24.6 Å². The summed E-state index contributed by atoms with van der Waals surface area (Å²) < 4.78 is 14.1. The van der Waals surface area contributed by atoms with E-state index in [1.807, 2.05) is 6.92 Å². The minimum Gasteiger partial charge on any atom is -0.351 e. The van der Waals surface area contributed by atoms with Crippen molar-refractivity contribution in [2.45, 2.75) is 32.4 Å². The minimum absolute atomic E-state index is 0.154. The molecule has 0 aliphatic heterocycles. The van der Waals surface area contributed by atoms with Crippen LogP contribution in [0.2, 0.25) is 0 Å². The molecule has 0 bridgehead atoms. The Bertz CT molecular complexity index is 398. The molecule has 0 aliphatic rings. The van der Waals surface area contributed by atoms with Crippen LogP contribution in [0.4, 0.5) is 4.39 Å². The maximum atomic E-state index is 13.4. The Morgan fingerprint density at radius 1 is 1.59 bits per heavy atom. The van der Waals surface area contributed by atoms with Gasteiger partial charge in [0, 0.05) is 16.6 Å². The number of nitrogens with one attached hydrogen (secondary N) is 1. The molecule has 0 heterocycles. The number of carbonyl (C=O) groups is 1. The van der Waals surface area contributed by atoms with Gasteiger partial charge in [-0.3, -0.25) is 4.79 Å². The van der Waals surface area contributed by atoms with Crippen LogP contribution in [-0.4, -0.2) is 11.9 Å². The first-order valence-corrected chi connectivity index (χ1v) is 6.31. The fourth-order valence-corrected chi connectivity index (χ4v) is 1.84. The van der Waals surface area contributed by atoms with E-state index < -0.39 is 6.04 Å². The number of nitrogens with two attached hydrogens (primary N) is 1. The highest BCUT2D eigenvalue weighted by molar-refractivity contribution is 9.10. The summed E-state index contributed by atoms with van der Waals surface area (Å²) in [4.78, 5) is 11.5. The fourth-order valence-electron chi connectivity index (χ4n) is 1.43. The molecule has 0 fully saturated rings. The van der Waals surface area contributed by atoms with E-state index in [9.17, 15) is 9.18 Å². The Kier molecular flexibility index (Phi) is 5.58. The van der Waals surface area contributed by atoms with E-state index in [0.717, 1.165) is 10.9 Å². The third-order valence-electron chi connectivity index (χ3n) is 2.40. The lowest BCUT2D eigenvalue weighted by Crippen LogP contribution is -2.40. The van der Waals surface area contributed by atoms with Crippen LogP contribution in [0.15, 0.2) is 22.7 Å². The van der Waals surface area contributed by atoms with Gasteiger partial charge in [0.2, 0.25) is 5.91 Å². The molecule has 0 aromatic heterocycles. The van der Waals surface area contributed by atoms with Crippen molar-refractivity contribution in [2.75, 3.05) is 0 Å². The highest BCUT2D eigenvalue weighted by Crippen LogP contribution is 2.15. The number of halogens is 2. The first kappa shape index (κ1) is 14.1. The SMILES string of the molecule is CCC[C@H](N)C(=O)NCc1cc(Br)ccc1F. The van der Waals surface area contributed by atoms with Crippen molar-refractivity contribution >= 4 is 21.8 Å². The van der Waals surface area contributed by atoms with Gasteiger partial charge in [0.25, 0.3) is 0 Å². The van der Waals surface area contributed by atoms with Crippen molar-refractivity contribution in [3.05, 3.63) is 34.1 Å². The van der Waals surface area contributed by atoms with Crippen molar-refractivity contribution in [1.29, 1.82) is 0 Å². The topological polar surface area (TPSA) is 55.1 Å². The molecule has 0 spiro atoms. The van der Waals surface area contributed by atoms with Gasteiger partial charge in [0.15, 0.2) is 0 Å². The first-order valence-electron chi connectivity index (χ1n) is 5.51. The van der Waals surface area contributed by atoms with Crippen LogP contribution in [0.25, 0.3) is 0 Å². The average molecular weight is 303 g/mol. The highest BCUT2D eigenvalue weighted by Gasteiger charge is 2.12. The molecule has 3 nitrogen and oxygen atoms in total. The number of benzene rings is 1. The largest absolute Gasteiger partial charge is 0.351 e. The average Bonchev–Trinajstić information content (AvgIpc) is 2.30. The fraction of sp³-hybridized carbons (Fsp3) is 0.417. The van der Waals surface area contributed by atoms with Crippen LogP contribution in [0.1, 0.15) is 25.3 Å². The van der Waals surface area contributed by atoms with Crippen molar-refractivity contribution in [3.8, 4) is 0 Å². The van der Waals surface area contributed by atoms with Gasteiger partial charge in [-0.25, -0.2) is 4.39 Å². The molecule has 94 valence electrons. The second kappa shape index (κ2) is 6.71. The summed E-state index contributed by atoms with van der Waals surface area (Å²) in [5, 5.41) is 2.63. The van der Waals surface area contributed by atoms with E-state index in [-0.39, 0.29) is 18.3 Å². The van der Waals surface area contributed by atoms with Crippen LogP contribution in [0.5, 0.6) is 0 Å². The van der Waals surface area contributed by atoms with E-state index in [0.29, 0.717) is 12.0 Å². The second-order valence-corrected chi connectivity index (χ2v) is 4.76. The molecule has 5 heteroatoms. The van der Waals surface area contributed by atoms with Crippen molar-refractivity contribution in [2.24, 2.45) is 5.73 Å². The predicted molar refractivity (Wildman–Crippen MR) is 68.8 cm³/mol. The van der Waals surface area contributed by atoms with Crippen LogP contribution in [-0.2, 0) is 11.3 Å². The molecule has 1 amide bonds. The summed E-state index contributed by atoms with van der Waals surface area (Å²) in [6.07, 6.45) is 1.48. The standard InChI is InChI=1S/C12H16BrFN2O/c1-2-3-11(15)12(17)16-7-8-6-9(13)4-5-10(8)14/h4-6,11H,2-3,7,15H2,1H3,(H,16,17)/t11-/m0/s1. The van der Waals surface area contributed by atoms with Crippen LogP contribution in [0.3, 0.4) is 0 Å². The maximum absolute atomic E-state index is 13.4. The molecule has 0 radical (unpaired) electrons. The Morgan fingerprint density at radius 3 is 2.94 bits per heavy atom. The lowest BCUT2D eigenvalue weighted by atomic mass is 10.1. The minimum atomic E-state index is -0.518. The molecule has 3 N–H and O–H groups in total. The summed E-state index contributed by atoms with van der Waals surface area (Å²) in [5.74, 6) is -0.580. The van der Waals surface area contributed by atoms with Crippen molar-refractivity contribution in [3.63, 3.8) is 0 Å². The zero-order valence-corrected chi connectivity index (χ0v) is 11.3. The number of amides is 1. The lowest BCUT2D eigenvalue weighted by molar-refractivity contribution is -0.122. The molecular formula is C12H16BrFN2O. The van der Waals surface area contributed by atoms with Crippen molar-refractivity contribution < 1.29 is 9.18 Å². The normalized spacial score (nSPS) is 12.2. The molecule has 1 aromatic carbocycles. The van der Waals surface area contributed by atoms with E-state index in [1.165, 1.54) is 6.07 Å². The summed E-state index contributed by atoms with van der Waals surface area (Å²) >= 11 is 3.25. The molecule has 1 rings (SSSR count). The Balaban J connectivity index is 2.55. The molecule has 0 saturated heterocycles. The predicted octanol–water partition coefficient (Wildman–Crippen LogP) is 2.33. The van der Waals surface area contributed by atoms with E-state index in [4.69, 9.17) is 5.73 Å². The van der Waals surface area contributed by atoms with Crippen LogP contribution >= 0.6 is 15.9 Å². The van der Waals surface area contributed by atoms with Gasteiger partial charge in [-0.1, -0.05) is 29.3 Å². The Hall–Kier alpha value is -0.940. The zero-order valence-electron chi connectivity index (χ0n) is 9.67. The Labute approximate surface area is 109 Å². The molecule has 0 aliphatic carbocycles. The third-order valence-corrected chi connectivity index (χ3v) is 2.89. The number of carbonyl (C=O) groups excluding carboxylic acids is 1. The van der Waals surface area contributed by atoms with E-state index >= 15 is 0 Å². The van der Waals surface area contributed by atoms with Crippen LogP contribution in [0, 0.1) is 5.82 Å². The molecule has 0 saturated carbocycles. The van der Waals surface area contributed by atoms with Gasteiger partial charge in [-0.2, -0.15) is 0 Å². The van der Waals surface area contributed by atoms with Gasteiger partial charge >= 0.3 is 0 Å². The van der Waals surface area contributed by atoms with Crippen molar-refractivity contribution in [1.82, 2.24) is 5.32 Å². The maximum Gasteiger partial charge on any atom is 0.237 e. The van der Waals surface area contributed by atoms with Gasteiger partial charge in [-0.15, -0.1) is 0 Å². The second-order valence-electron chi connectivity index (χ2n) is 3.85. The number of hydrogen-bond donors (Lipinski definition) is 2. The first-order chi connectivity index (χ1) is 8.04. The summed E-state index contributed by atoms with van der Waals surface area (Å²) in [5.41, 5.74) is 6.09. The molecular weight excluding hydrogens is 287 g/mol. The van der Waals surface area contributed by atoms with Gasteiger partial charge in [0.05, 0.1) is 6.04 Å². The smallest absolute Gasteiger partial charge is 0.237 e. The summed E-state index contributed by atoms with van der Waals surface area (Å²) in [7, 11) is 0. The van der Waals surface area contributed by atoms with E-state index in [2.05, 4.69) is 21.2 Å². The Morgan fingerprint density at radius 2 is 2.29 bits per heavy atom. The zero-order chi connectivity index (χ0) is 12.8. The molecule has 0 unspecified atom stereocenters. The monoisotopic (exact) mass is 302 g/mol. The quantitative estimate of drug-likeness (QED) is 0.877. The number of hydrogen-bond acceptors (Lipinski definition) is 2. The van der Waals surface area contributed by atoms with E-state index in [1.54, 1.807) is 12.1 Å². The summed E-state index contributed by atoms with van der Waals surface area (Å²) in [6, 6.07) is 4.09. The number of rotatable bonds is 5.